The number of anilines is 1. The standard InChI is InChI=1S/C10H15N3OS/c1-11-8-4-2-3-5-13(10(8)14)9-6-15-7-12-9/h6-8,11H,2-5H2,1H3. The molecule has 1 aliphatic heterocycles. The molecule has 1 aliphatic rings. The van der Waals surface area contributed by atoms with E-state index in [4.69, 9.17) is 0 Å². The number of hydrogen-bond acceptors (Lipinski definition) is 4. The van der Waals surface area contributed by atoms with Crippen molar-refractivity contribution in [1.82, 2.24) is 10.3 Å². The van der Waals surface area contributed by atoms with Gasteiger partial charge in [-0.25, -0.2) is 4.98 Å². The largest absolute Gasteiger partial charge is 0.309 e. The molecule has 1 atom stereocenters. The molecule has 82 valence electrons. The molecule has 1 aromatic heterocycles. The molecule has 1 fully saturated rings. The summed E-state index contributed by atoms with van der Waals surface area (Å²) in [4.78, 5) is 18.1. The van der Waals surface area contributed by atoms with Crippen molar-refractivity contribution in [1.29, 1.82) is 0 Å². The number of hydrogen-bond donors (Lipinski definition) is 1. The molecule has 1 aromatic rings. The van der Waals surface area contributed by atoms with Crippen LogP contribution in [0.25, 0.3) is 0 Å². The molecule has 1 saturated heterocycles. The molecule has 1 amide bonds. The van der Waals surface area contributed by atoms with E-state index >= 15 is 0 Å². The fourth-order valence-electron chi connectivity index (χ4n) is 1.87. The van der Waals surface area contributed by atoms with Crippen molar-refractivity contribution in [2.75, 3.05) is 18.5 Å². The van der Waals surface area contributed by atoms with Crippen LogP contribution in [0.15, 0.2) is 10.9 Å². The second kappa shape index (κ2) is 4.72. The van der Waals surface area contributed by atoms with Gasteiger partial charge in [-0.15, -0.1) is 11.3 Å². The molecular weight excluding hydrogens is 210 g/mol. The Hall–Kier alpha value is -0.940. The number of rotatable bonds is 2. The molecule has 0 spiro atoms. The summed E-state index contributed by atoms with van der Waals surface area (Å²) >= 11 is 1.53. The summed E-state index contributed by atoms with van der Waals surface area (Å²) in [6, 6.07) is -0.0470. The van der Waals surface area contributed by atoms with Crippen LogP contribution in [-0.4, -0.2) is 30.5 Å². The van der Waals surface area contributed by atoms with Gasteiger partial charge in [-0.05, 0) is 26.3 Å². The molecule has 0 bridgehead atoms. The second-order valence-electron chi connectivity index (χ2n) is 3.67. The Morgan fingerprint density at radius 1 is 1.60 bits per heavy atom. The van der Waals surface area contributed by atoms with Crippen molar-refractivity contribution in [3.63, 3.8) is 0 Å². The molecule has 1 unspecified atom stereocenters. The van der Waals surface area contributed by atoms with Crippen LogP contribution in [0.3, 0.4) is 0 Å². The fraction of sp³-hybridized carbons (Fsp3) is 0.600. The monoisotopic (exact) mass is 225 g/mol. The molecule has 2 rings (SSSR count). The topological polar surface area (TPSA) is 45.2 Å². The Morgan fingerprint density at radius 3 is 3.13 bits per heavy atom. The Kier molecular flexibility index (Phi) is 3.33. The number of nitrogens with one attached hydrogen (secondary N) is 1. The van der Waals surface area contributed by atoms with Gasteiger partial charge in [-0.3, -0.25) is 9.69 Å². The first-order valence-electron chi connectivity index (χ1n) is 5.20. The normalized spacial score (nSPS) is 22.9. The summed E-state index contributed by atoms with van der Waals surface area (Å²) in [5.41, 5.74) is 1.77. The Morgan fingerprint density at radius 2 is 2.47 bits per heavy atom. The summed E-state index contributed by atoms with van der Waals surface area (Å²) in [7, 11) is 1.84. The molecule has 0 saturated carbocycles. The van der Waals surface area contributed by atoms with Gasteiger partial charge in [0.15, 0.2) is 0 Å². The van der Waals surface area contributed by atoms with E-state index in [1.807, 2.05) is 12.4 Å². The van der Waals surface area contributed by atoms with Crippen molar-refractivity contribution < 1.29 is 4.79 Å². The fourth-order valence-corrected chi connectivity index (χ4v) is 2.41. The minimum atomic E-state index is -0.0470. The van der Waals surface area contributed by atoms with Crippen LogP contribution in [0, 0.1) is 0 Å². The van der Waals surface area contributed by atoms with Gasteiger partial charge in [0.05, 0.1) is 11.6 Å². The molecule has 1 N–H and O–H groups in total. The number of carbonyl (C=O) groups excluding carboxylic acids is 1. The molecule has 5 heteroatoms. The van der Waals surface area contributed by atoms with Crippen LogP contribution in [0.4, 0.5) is 5.82 Å². The summed E-state index contributed by atoms with van der Waals surface area (Å²) in [5, 5.41) is 5.00. The average Bonchev–Trinajstić information content (AvgIpc) is 2.70. The van der Waals surface area contributed by atoms with Gasteiger partial charge >= 0.3 is 0 Å². The number of thiazole rings is 1. The zero-order chi connectivity index (χ0) is 10.7. The number of amides is 1. The van der Waals surface area contributed by atoms with Crippen LogP contribution < -0.4 is 10.2 Å². The van der Waals surface area contributed by atoms with Gasteiger partial charge in [0.25, 0.3) is 0 Å². The Labute approximate surface area is 93.3 Å². The molecule has 0 radical (unpaired) electrons. The van der Waals surface area contributed by atoms with E-state index in [1.54, 1.807) is 10.4 Å². The number of likely N-dealkylation sites (N-methyl/N-ethyl adjacent to an activating group) is 1. The smallest absolute Gasteiger partial charge is 0.245 e. The third-order valence-corrected chi connectivity index (χ3v) is 3.31. The number of nitrogens with zero attached hydrogens (tertiary/aromatic N) is 2. The van der Waals surface area contributed by atoms with Crippen LogP contribution in [0.5, 0.6) is 0 Å². The lowest BCUT2D eigenvalue weighted by atomic mass is 10.1. The minimum Gasteiger partial charge on any atom is -0.309 e. The zero-order valence-electron chi connectivity index (χ0n) is 8.77. The zero-order valence-corrected chi connectivity index (χ0v) is 9.59. The summed E-state index contributed by atoms with van der Waals surface area (Å²) in [5.74, 6) is 0.952. The third-order valence-electron chi connectivity index (χ3n) is 2.73. The number of carbonyl (C=O) groups is 1. The van der Waals surface area contributed by atoms with Crippen LogP contribution in [0.2, 0.25) is 0 Å². The van der Waals surface area contributed by atoms with E-state index in [0.29, 0.717) is 0 Å². The van der Waals surface area contributed by atoms with Crippen LogP contribution in [-0.2, 0) is 4.79 Å². The molecule has 4 nitrogen and oxygen atoms in total. The summed E-state index contributed by atoms with van der Waals surface area (Å²) < 4.78 is 0. The highest BCUT2D eigenvalue weighted by Gasteiger charge is 2.27. The lowest BCUT2D eigenvalue weighted by Crippen LogP contribution is -2.44. The summed E-state index contributed by atoms with van der Waals surface area (Å²) in [6.45, 7) is 0.792. The first-order valence-corrected chi connectivity index (χ1v) is 6.14. The highest BCUT2D eigenvalue weighted by Crippen LogP contribution is 2.20. The van der Waals surface area contributed by atoms with Gasteiger partial charge in [0.2, 0.25) is 5.91 Å². The minimum absolute atomic E-state index is 0.0470. The molecule has 0 aliphatic carbocycles. The first kappa shape index (κ1) is 10.6. The first-order chi connectivity index (χ1) is 7.33. The van der Waals surface area contributed by atoms with Crippen molar-refractivity contribution in [2.24, 2.45) is 0 Å². The van der Waals surface area contributed by atoms with Crippen molar-refractivity contribution in [2.45, 2.75) is 25.3 Å². The van der Waals surface area contributed by atoms with Crippen molar-refractivity contribution >= 4 is 23.1 Å². The molecular formula is C10H15N3OS. The predicted octanol–water partition coefficient (Wildman–Crippen LogP) is 1.25. The van der Waals surface area contributed by atoms with Gasteiger partial charge in [0.1, 0.15) is 5.82 Å². The maximum atomic E-state index is 12.1. The third kappa shape index (κ3) is 2.18. The lowest BCUT2D eigenvalue weighted by Gasteiger charge is -2.21. The highest BCUT2D eigenvalue weighted by molar-refractivity contribution is 7.07. The molecule has 15 heavy (non-hydrogen) atoms. The lowest BCUT2D eigenvalue weighted by molar-refractivity contribution is -0.120. The van der Waals surface area contributed by atoms with E-state index in [1.165, 1.54) is 11.3 Å². The maximum absolute atomic E-state index is 12.1. The van der Waals surface area contributed by atoms with Crippen LogP contribution in [0.1, 0.15) is 19.3 Å². The Bertz CT molecular complexity index is 325. The van der Waals surface area contributed by atoms with Gasteiger partial charge in [-0.2, -0.15) is 0 Å². The predicted molar refractivity (Wildman–Crippen MR) is 61.2 cm³/mol. The second-order valence-corrected chi connectivity index (χ2v) is 4.39. The summed E-state index contributed by atoms with van der Waals surface area (Å²) in [6.07, 6.45) is 3.08. The van der Waals surface area contributed by atoms with E-state index < -0.39 is 0 Å². The molecule has 0 aromatic carbocycles. The molecule has 2 heterocycles. The van der Waals surface area contributed by atoms with E-state index in [9.17, 15) is 4.79 Å². The van der Waals surface area contributed by atoms with E-state index in [2.05, 4.69) is 10.3 Å². The number of aromatic nitrogens is 1. The highest BCUT2D eigenvalue weighted by atomic mass is 32.1. The average molecular weight is 225 g/mol. The SMILES string of the molecule is CNC1CCCCN(c2cscn2)C1=O. The van der Waals surface area contributed by atoms with Gasteiger partial charge in [-0.1, -0.05) is 0 Å². The maximum Gasteiger partial charge on any atom is 0.245 e. The van der Waals surface area contributed by atoms with E-state index in [-0.39, 0.29) is 11.9 Å². The van der Waals surface area contributed by atoms with Gasteiger partial charge < -0.3 is 5.32 Å². The van der Waals surface area contributed by atoms with Crippen LogP contribution >= 0.6 is 11.3 Å². The quantitative estimate of drug-likeness (QED) is 0.824. The van der Waals surface area contributed by atoms with Crippen molar-refractivity contribution in [3.8, 4) is 0 Å². The van der Waals surface area contributed by atoms with E-state index in [0.717, 1.165) is 31.6 Å². The van der Waals surface area contributed by atoms with Gasteiger partial charge in [0, 0.05) is 11.9 Å². The van der Waals surface area contributed by atoms with Crippen molar-refractivity contribution in [3.05, 3.63) is 10.9 Å². The Balaban J connectivity index is 2.19.